The van der Waals surface area contributed by atoms with Crippen molar-refractivity contribution < 1.29 is 13.2 Å². The fraction of sp³-hybridized carbons (Fsp3) is 1.00. The summed E-state index contributed by atoms with van der Waals surface area (Å²) in [6.07, 6.45) is 1.32. The number of nitrogens with zero attached hydrogens (tertiary/aromatic N) is 1. The summed E-state index contributed by atoms with van der Waals surface area (Å²) in [5.74, 6) is 1.64. The molecule has 3 atom stereocenters. The Hall–Kier alpha value is 0.180. The molecular weight excluding hydrogens is 272 g/mol. The fourth-order valence-electron chi connectivity index (χ4n) is 2.54. The van der Waals surface area contributed by atoms with Crippen LogP contribution in [0.1, 0.15) is 6.92 Å². The minimum Gasteiger partial charge on any atom is -0.379 e. The van der Waals surface area contributed by atoms with Crippen molar-refractivity contribution in [3.63, 3.8) is 0 Å². The maximum absolute atomic E-state index is 11.8. The lowest BCUT2D eigenvalue weighted by Gasteiger charge is -2.40. The number of thioether (sulfide) groups is 1. The van der Waals surface area contributed by atoms with Crippen LogP contribution >= 0.6 is 11.8 Å². The van der Waals surface area contributed by atoms with E-state index in [1.54, 1.807) is 11.8 Å². The Bertz CT molecular complexity index is 401. The summed E-state index contributed by atoms with van der Waals surface area (Å²) in [6.45, 7) is 4.79. The lowest BCUT2D eigenvalue weighted by Crippen LogP contribution is -2.54. The molecule has 2 aliphatic heterocycles. The van der Waals surface area contributed by atoms with E-state index in [-0.39, 0.29) is 16.8 Å². The summed E-state index contributed by atoms with van der Waals surface area (Å²) in [7, 11) is -3.04. The number of ether oxygens (including phenoxy) is 1. The monoisotopic (exact) mass is 294 g/mol. The fourth-order valence-corrected chi connectivity index (χ4v) is 5.49. The molecule has 5 nitrogen and oxygen atoms in total. The highest BCUT2D eigenvalue weighted by Crippen LogP contribution is 2.31. The molecule has 2 N–H and O–H groups in total. The molecule has 2 heterocycles. The Kier molecular flexibility index (Phi) is 4.28. The van der Waals surface area contributed by atoms with Gasteiger partial charge in [-0.05, 0) is 0 Å². The van der Waals surface area contributed by atoms with E-state index in [2.05, 4.69) is 11.8 Å². The van der Waals surface area contributed by atoms with Crippen molar-refractivity contribution >= 4 is 21.6 Å². The van der Waals surface area contributed by atoms with Gasteiger partial charge >= 0.3 is 0 Å². The lowest BCUT2D eigenvalue weighted by atomic mass is 9.85. The van der Waals surface area contributed by atoms with Gasteiger partial charge in [-0.15, -0.1) is 0 Å². The third kappa shape index (κ3) is 3.01. The van der Waals surface area contributed by atoms with E-state index in [4.69, 9.17) is 10.5 Å². The first-order valence-corrected chi connectivity index (χ1v) is 9.28. The Balaban J connectivity index is 2.11. The van der Waals surface area contributed by atoms with Gasteiger partial charge in [0.05, 0.1) is 13.2 Å². The quantitative estimate of drug-likeness (QED) is 0.775. The maximum atomic E-state index is 11.8. The van der Waals surface area contributed by atoms with Crippen LogP contribution < -0.4 is 5.73 Å². The van der Waals surface area contributed by atoms with Gasteiger partial charge in [0.2, 0.25) is 0 Å². The van der Waals surface area contributed by atoms with Crippen molar-refractivity contribution in [3.8, 4) is 0 Å². The van der Waals surface area contributed by atoms with E-state index in [0.29, 0.717) is 25.5 Å². The van der Waals surface area contributed by atoms with Crippen LogP contribution in [0.3, 0.4) is 0 Å². The molecule has 2 aliphatic rings. The highest BCUT2D eigenvalue weighted by atomic mass is 32.2. The molecule has 2 fully saturated rings. The van der Waals surface area contributed by atoms with Gasteiger partial charge in [0.1, 0.15) is 5.37 Å². The van der Waals surface area contributed by atoms with Gasteiger partial charge in [-0.1, -0.05) is 6.92 Å². The third-order valence-corrected chi connectivity index (χ3v) is 6.56. The second kappa shape index (κ2) is 5.28. The molecule has 2 rings (SSSR count). The van der Waals surface area contributed by atoms with Crippen molar-refractivity contribution in [1.29, 1.82) is 0 Å². The number of rotatable bonds is 3. The summed E-state index contributed by atoms with van der Waals surface area (Å²) in [6, 6.07) is -0.00714. The number of nitrogens with two attached hydrogens (primary N) is 1. The van der Waals surface area contributed by atoms with Gasteiger partial charge in [0.15, 0.2) is 9.84 Å². The molecule has 0 saturated carbocycles. The van der Waals surface area contributed by atoms with E-state index < -0.39 is 9.84 Å². The van der Waals surface area contributed by atoms with Crippen LogP contribution in [0.25, 0.3) is 0 Å². The largest absolute Gasteiger partial charge is 0.379 e. The highest BCUT2D eigenvalue weighted by Gasteiger charge is 2.42. The molecule has 2 saturated heterocycles. The van der Waals surface area contributed by atoms with Crippen LogP contribution in [0.5, 0.6) is 0 Å². The number of hydrogen-bond donors (Lipinski definition) is 1. The Morgan fingerprint density at radius 1 is 1.56 bits per heavy atom. The van der Waals surface area contributed by atoms with Gasteiger partial charge in [-0.3, -0.25) is 4.90 Å². The second-order valence-electron chi connectivity index (χ2n) is 5.61. The van der Waals surface area contributed by atoms with E-state index in [9.17, 15) is 8.42 Å². The number of hydrogen-bond acceptors (Lipinski definition) is 6. The molecule has 18 heavy (non-hydrogen) atoms. The zero-order chi connectivity index (χ0) is 13.4. The van der Waals surface area contributed by atoms with Crippen LogP contribution in [-0.4, -0.2) is 68.8 Å². The molecule has 0 amide bonds. The van der Waals surface area contributed by atoms with Crippen LogP contribution in [0.15, 0.2) is 0 Å². The lowest BCUT2D eigenvalue weighted by molar-refractivity contribution is 0.117. The predicted octanol–water partition coefficient (Wildman–Crippen LogP) is -0.230. The Morgan fingerprint density at radius 2 is 2.28 bits per heavy atom. The van der Waals surface area contributed by atoms with E-state index in [1.165, 1.54) is 6.26 Å². The van der Waals surface area contributed by atoms with Gasteiger partial charge in [0, 0.05) is 42.3 Å². The maximum Gasteiger partial charge on any atom is 0.164 e. The van der Waals surface area contributed by atoms with E-state index in [0.717, 1.165) is 12.3 Å². The Morgan fingerprint density at radius 3 is 2.83 bits per heavy atom. The summed E-state index contributed by atoms with van der Waals surface area (Å²) < 4.78 is 29.1. The summed E-state index contributed by atoms with van der Waals surface area (Å²) >= 11 is 1.71. The SMILES string of the molecule is CC1(CN2CCSCC2S(C)(=O)=O)COCC1N. The molecular formula is C11H22N2O3S2. The van der Waals surface area contributed by atoms with Gasteiger partial charge in [-0.25, -0.2) is 8.42 Å². The standard InChI is InChI=1S/C11H22N2O3S2/c1-11(8-16-5-9(11)12)7-13-3-4-17-6-10(13)18(2,14)15/h9-10H,3-8,12H2,1-2H3. The average molecular weight is 294 g/mol. The zero-order valence-corrected chi connectivity index (χ0v) is 12.6. The van der Waals surface area contributed by atoms with Crippen LogP contribution in [-0.2, 0) is 14.6 Å². The molecule has 0 aliphatic carbocycles. The van der Waals surface area contributed by atoms with Gasteiger partial charge < -0.3 is 10.5 Å². The molecule has 0 radical (unpaired) electrons. The summed E-state index contributed by atoms with van der Waals surface area (Å²) in [5.41, 5.74) is 5.94. The van der Waals surface area contributed by atoms with Crippen molar-refractivity contribution in [2.45, 2.75) is 18.3 Å². The summed E-state index contributed by atoms with van der Waals surface area (Å²) in [4.78, 5) is 2.07. The minimum atomic E-state index is -3.04. The zero-order valence-electron chi connectivity index (χ0n) is 11.0. The third-order valence-electron chi connectivity index (χ3n) is 3.87. The molecule has 106 valence electrons. The number of sulfone groups is 1. The first-order valence-electron chi connectivity index (χ1n) is 6.17. The van der Waals surface area contributed by atoms with Crippen LogP contribution in [0, 0.1) is 5.41 Å². The average Bonchev–Trinajstić information content (AvgIpc) is 2.58. The topological polar surface area (TPSA) is 72.6 Å². The highest BCUT2D eigenvalue weighted by molar-refractivity contribution is 8.00. The normalized spacial score (nSPS) is 39.1. The van der Waals surface area contributed by atoms with Crippen molar-refractivity contribution in [1.82, 2.24) is 4.90 Å². The van der Waals surface area contributed by atoms with Crippen LogP contribution in [0.2, 0.25) is 0 Å². The molecule has 0 aromatic rings. The molecule has 3 unspecified atom stereocenters. The van der Waals surface area contributed by atoms with Crippen molar-refractivity contribution in [2.24, 2.45) is 11.1 Å². The van der Waals surface area contributed by atoms with Gasteiger partial charge in [-0.2, -0.15) is 11.8 Å². The van der Waals surface area contributed by atoms with Crippen molar-refractivity contribution in [2.75, 3.05) is 44.1 Å². The second-order valence-corrected chi connectivity index (χ2v) is 8.96. The first-order chi connectivity index (χ1) is 8.33. The minimum absolute atomic E-state index is 0.00714. The first kappa shape index (κ1) is 14.6. The predicted molar refractivity (Wildman–Crippen MR) is 74.4 cm³/mol. The van der Waals surface area contributed by atoms with Gasteiger partial charge in [0.25, 0.3) is 0 Å². The van der Waals surface area contributed by atoms with E-state index in [1.807, 2.05) is 0 Å². The molecule has 0 aromatic carbocycles. The van der Waals surface area contributed by atoms with Crippen molar-refractivity contribution in [3.05, 3.63) is 0 Å². The summed E-state index contributed by atoms with van der Waals surface area (Å²) in [5, 5.41) is -0.374. The molecule has 0 spiro atoms. The molecule has 0 bridgehead atoms. The van der Waals surface area contributed by atoms with Crippen LogP contribution in [0.4, 0.5) is 0 Å². The Labute approximate surface area is 113 Å². The molecule has 0 aromatic heterocycles. The molecule has 7 heteroatoms. The van der Waals surface area contributed by atoms with E-state index >= 15 is 0 Å². The smallest absolute Gasteiger partial charge is 0.164 e.